The second-order valence-electron chi connectivity index (χ2n) is 9.53. The molecule has 0 saturated carbocycles. The zero-order valence-electron chi connectivity index (χ0n) is 18.5. The summed E-state index contributed by atoms with van der Waals surface area (Å²) in [6.07, 6.45) is 1.63. The van der Waals surface area contributed by atoms with Crippen molar-refractivity contribution in [2.75, 3.05) is 13.1 Å². The summed E-state index contributed by atoms with van der Waals surface area (Å²) in [5.74, 6) is 0.588. The first-order chi connectivity index (χ1) is 14.6. The smallest absolute Gasteiger partial charge is 0.358 e. The zero-order valence-corrected chi connectivity index (χ0v) is 19.3. The predicted octanol–water partition coefficient (Wildman–Crippen LogP) is 4.28. The average molecular weight is 443 g/mol. The van der Waals surface area contributed by atoms with Crippen LogP contribution >= 0.6 is 0 Å². The molecule has 1 spiro atoms. The Balaban J connectivity index is 1.81. The molecular weight excluding hydrogens is 412 g/mol. The van der Waals surface area contributed by atoms with Crippen molar-refractivity contribution in [3.05, 3.63) is 59.7 Å². The fourth-order valence-electron chi connectivity index (χ4n) is 4.83. The molecule has 0 amide bonds. The third-order valence-electron chi connectivity index (χ3n) is 6.14. The van der Waals surface area contributed by atoms with Crippen LogP contribution in [-0.4, -0.2) is 32.8 Å². The number of nitrogens with one attached hydrogen (secondary N) is 1. The number of fused-ring (bicyclic) bond motifs is 1. The number of oxime groups is 1. The standard InChI is InChI=1S/C24H30N2O4S/c1-17-9-11-18(12-10-17)31(27,28)30-26-21-19-7-5-6-8-20(19)29-24(13-15-25-16-14-24)22(21)23(2,3)4/h5-12,22,25H,13-16H2,1-4H3/b26-21-. The van der Waals surface area contributed by atoms with Crippen molar-refractivity contribution >= 4 is 15.8 Å². The van der Waals surface area contributed by atoms with Crippen molar-refractivity contribution in [3.8, 4) is 5.75 Å². The van der Waals surface area contributed by atoms with Crippen molar-refractivity contribution in [3.63, 3.8) is 0 Å². The summed E-state index contributed by atoms with van der Waals surface area (Å²) in [7, 11) is -4.03. The summed E-state index contributed by atoms with van der Waals surface area (Å²) in [5.41, 5.74) is 1.70. The second-order valence-corrected chi connectivity index (χ2v) is 11.1. The first-order valence-corrected chi connectivity index (χ1v) is 12.1. The Kier molecular flexibility index (Phi) is 5.60. The maximum atomic E-state index is 12.9. The molecule has 2 heterocycles. The van der Waals surface area contributed by atoms with Gasteiger partial charge in [0.15, 0.2) is 0 Å². The van der Waals surface area contributed by atoms with E-state index in [1.165, 1.54) is 12.1 Å². The van der Waals surface area contributed by atoms with Crippen molar-refractivity contribution in [1.29, 1.82) is 0 Å². The number of nitrogens with zero attached hydrogens (tertiary/aromatic N) is 1. The van der Waals surface area contributed by atoms with Gasteiger partial charge in [-0.05, 0) is 49.7 Å². The van der Waals surface area contributed by atoms with E-state index in [0.717, 1.165) is 42.8 Å². The molecule has 0 bridgehead atoms. The summed E-state index contributed by atoms with van der Waals surface area (Å²) in [5, 5.41) is 7.72. The molecule has 1 fully saturated rings. The second kappa shape index (κ2) is 7.95. The van der Waals surface area contributed by atoms with Crippen molar-refractivity contribution in [2.24, 2.45) is 16.5 Å². The lowest BCUT2D eigenvalue weighted by Gasteiger charge is -2.51. The van der Waals surface area contributed by atoms with Crippen LogP contribution in [0, 0.1) is 18.3 Å². The molecular formula is C24H30N2O4S. The normalized spacial score (nSPS) is 22.1. The molecule has 2 aliphatic rings. The van der Waals surface area contributed by atoms with Crippen LogP contribution in [0.25, 0.3) is 0 Å². The number of rotatable bonds is 3. The van der Waals surface area contributed by atoms with Crippen LogP contribution in [0.5, 0.6) is 5.75 Å². The Morgan fingerprint density at radius 1 is 1.06 bits per heavy atom. The van der Waals surface area contributed by atoms with Gasteiger partial charge < -0.3 is 10.1 Å². The van der Waals surface area contributed by atoms with Gasteiger partial charge in [-0.1, -0.05) is 55.8 Å². The summed E-state index contributed by atoms with van der Waals surface area (Å²) in [4.78, 5) is 0.0895. The van der Waals surface area contributed by atoms with E-state index in [1.807, 2.05) is 31.2 Å². The van der Waals surface area contributed by atoms with Crippen molar-refractivity contribution < 1.29 is 17.4 Å². The predicted molar refractivity (Wildman–Crippen MR) is 121 cm³/mol. The number of para-hydroxylation sites is 1. The number of hydrogen-bond acceptors (Lipinski definition) is 6. The maximum absolute atomic E-state index is 12.9. The van der Waals surface area contributed by atoms with Gasteiger partial charge in [0, 0.05) is 18.4 Å². The maximum Gasteiger partial charge on any atom is 0.358 e. The van der Waals surface area contributed by atoms with E-state index in [-0.39, 0.29) is 16.2 Å². The fraction of sp³-hybridized carbons (Fsp3) is 0.458. The third-order valence-corrected chi connectivity index (χ3v) is 7.26. The molecule has 1 saturated heterocycles. The van der Waals surface area contributed by atoms with Crippen LogP contribution in [0.15, 0.2) is 58.6 Å². The van der Waals surface area contributed by atoms with Gasteiger partial charge in [-0.3, -0.25) is 4.28 Å². The highest BCUT2D eigenvalue weighted by molar-refractivity contribution is 7.86. The van der Waals surface area contributed by atoms with E-state index in [9.17, 15) is 8.42 Å². The van der Waals surface area contributed by atoms with Crippen LogP contribution in [0.4, 0.5) is 0 Å². The summed E-state index contributed by atoms with van der Waals surface area (Å²) < 4.78 is 37.6. The molecule has 0 aliphatic carbocycles. The van der Waals surface area contributed by atoms with Crippen molar-refractivity contribution in [1.82, 2.24) is 5.32 Å². The average Bonchev–Trinajstić information content (AvgIpc) is 2.71. The Morgan fingerprint density at radius 2 is 1.71 bits per heavy atom. The molecule has 0 aromatic heterocycles. The number of hydrogen-bond donors (Lipinski definition) is 1. The number of aryl methyl sites for hydroxylation is 1. The largest absolute Gasteiger partial charge is 0.486 e. The topological polar surface area (TPSA) is 77.0 Å². The van der Waals surface area contributed by atoms with E-state index in [0.29, 0.717) is 5.71 Å². The molecule has 0 radical (unpaired) electrons. The van der Waals surface area contributed by atoms with E-state index < -0.39 is 15.7 Å². The van der Waals surface area contributed by atoms with Gasteiger partial charge in [-0.2, -0.15) is 8.42 Å². The van der Waals surface area contributed by atoms with Gasteiger partial charge in [0.1, 0.15) is 16.2 Å². The summed E-state index contributed by atoms with van der Waals surface area (Å²) in [6.45, 7) is 10.0. The molecule has 4 rings (SSSR count). The SMILES string of the molecule is Cc1ccc(S(=O)(=O)O/N=C2/c3ccccc3OC3(CCNCC3)C2C(C)(C)C)cc1. The van der Waals surface area contributed by atoms with Crippen LogP contribution in [0.2, 0.25) is 0 Å². The quantitative estimate of drug-likeness (QED) is 0.718. The first kappa shape index (κ1) is 21.8. The number of ether oxygens (including phenoxy) is 1. The lowest BCUT2D eigenvalue weighted by molar-refractivity contribution is -0.0375. The lowest BCUT2D eigenvalue weighted by Crippen LogP contribution is -2.59. The fourth-order valence-corrected chi connectivity index (χ4v) is 5.56. The van der Waals surface area contributed by atoms with E-state index in [2.05, 4.69) is 31.2 Å². The Hall–Kier alpha value is -2.38. The van der Waals surface area contributed by atoms with E-state index in [4.69, 9.17) is 9.02 Å². The Bertz CT molecular complexity index is 1080. The third kappa shape index (κ3) is 4.21. The molecule has 31 heavy (non-hydrogen) atoms. The van der Waals surface area contributed by atoms with Crippen LogP contribution in [-0.2, 0) is 14.4 Å². The highest BCUT2D eigenvalue weighted by Gasteiger charge is 2.53. The number of piperidine rings is 1. The van der Waals surface area contributed by atoms with Gasteiger partial charge in [0.2, 0.25) is 0 Å². The van der Waals surface area contributed by atoms with E-state index in [1.54, 1.807) is 12.1 Å². The molecule has 7 heteroatoms. The van der Waals surface area contributed by atoms with Crippen LogP contribution in [0.3, 0.4) is 0 Å². The molecule has 1 unspecified atom stereocenters. The molecule has 2 aliphatic heterocycles. The van der Waals surface area contributed by atoms with Gasteiger partial charge in [-0.25, -0.2) is 0 Å². The number of benzene rings is 2. The van der Waals surface area contributed by atoms with E-state index >= 15 is 0 Å². The van der Waals surface area contributed by atoms with Crippen LogP contribution in [0.1, 0.15) is 44.7 Å². The minimum Gasteiger partial charge on any atom is -0.486 e. The Labute approximate surface area is 184 Å². The zero-order chi connectivity index (χ0) is 22.3. The Morgan fingerprint density at radius 3 is 2.35 bits per heavy atom. The molecule has 6 nitrogen and oxygen atoms in total. The molecule has 2 aromatic carbocycles. The molecule has 1 atom stereocenters. The summed E-state index contributed by atoms with van der Waals surface area (Å²) in [6, 6.07) is 14.2. The minimum absolute atomic E-state index is 0.0895. The molecule has 166 valence electrons. The highest BCUT2D eigenvalue weighted by Crippen LogP contribution is 2.49. The molecule has 1 N–H and O–H groups in total. The molecule has 2 aromatic rings. The minimum atomic E-state index is -4.03. The monoisotopic (exact) mass is 442 g/mol. The van der Waals surface area contributed by atoms with Gasteiger partial charge in [-0.15, -0.1) is 0 Å². The summed E-state index contributed by atoms with van der Waals surface area (Å²) >= 11 is 0. The highest BCUT2D eigenvalue weighted by atomic mass is 32.2. The van der Waals surface area contributed by atoms with Crippen molar-refractivity contribution in [2.45, 2.75) is 51.0 Å². The van der Waals surface area contributed by atoms with Gasteiger partial charge >= 0.3 is 10.1 Å². The lowest BCUT2D eigenvalue weighted by atomic mass is 9.62. The van der Waals surface area contributed by atoms with Gasteiger partial charge in [0.05, 0.1) is 11.6 Å². The first-order valence-electron chi connectivity index (χ1n) is 10.7. The van der Waals surface area contributed by atoms with Crippen LogP contribution < -0.4 is 10.1 Å². The van der Waals surface area contributed by atoms with Gasteiger partial charge in [0.25, 0.3) is 0 Å².